The van der Waals surface area contributed by atoms with Crippen molar-refractivity contribution in [1.29, 1.82) is 0 Å². The van der Waals surface area contributed by atoms with E-state index in [1.807, 2.05) is 19.1 Å². The van der Waals surface area contributed by atoms with E-state index in [4.69, 9.17) is 13.9 Å². The molecule has 1 aromatic heterocycles. The van der Waals surface area contributed by atoms with E-state index >= 15 is 0 Å². The molecule has 1 unspecified atom stereocenters. The lowest BCUT2D eigenvalue weighted by Crippen LogP contribution is -2.36. The number of nitrogens with zero attached hydrogens (tertiary/aromatic N) is 1. The number of benzene rings is 2. The van der Waals surface area contributed by atoms with E-state index in [0.29, 0.717) is 46.4 Å². The molecule has 4 rings (SSSR count). The van der Waals surface area contributed by atoms with Crippen LogP contribution < -0.4 is 15.1 Å². The van der Waals surface area contributed by atoms with Gasteiger partial charge < -0.3 is 19.0 Å². The number of rotatable bonds is 5. The molecular formula is C25H29NO5. The Morgan fingerprint density at radius 2 is 1.90 bits per heavy atom. The van der Waals surface area contributed by atoms with Crippen molar-refractivity contribution >= 4 is 11.0 Å². The van der Waals surface area contributed by atoms with Crippen LogP contribution in [0.3, 0.4) is 0 Å². The molecule has 0 aliphatic carbocycles. The van der Waals surface area contributed by atoms with Crippen molar-refractivity contribution in [3.8, 4) is 28.4 Å². The number of phenolic OH excluding ortho intramolecular Hbond substituents is 1. The molecule has 2 heterocycles. The number of fused-ring (bicyclic) bond motifs is 1. The van der Waals surface area contributed by atoms with Gasteiger partial charge in [-0.25, -0.2) is 4.79 Å². The number of hydrogen-bond acceptors (Lipinski definition) is 6. The summed E-state index contributed by atoms with van der Waals surface area (Å²) in [6.45, 7) is 5.65. The van der Waals surface area contributed by atoms with Crippen LogP contribution in [0, 0.1) is 6.92 Å². The highest BCUT2D eigenvalue weighted by Gasteiger charge is 2.23. The summed E-state index contributed by atoms with van der Waals surface area (Å²) in [4.78, 5) is 15.4. The van der Waals surface area contributed by atoms with Gasteiger partial charge in [-0.2, -0.15) is 0 Å². The molecule has 1 aliphatic heterocycles. The van der Waals surface area contributed by atoms with Crippen molar-refractivity contribution in [3.05, 3.63) is 51.9 Å². The number of ether oxygens (including phenoxy) is 2. The topological polar surface area (TPSA) is 72.1 Å². The van der Waals surface area contributed by atoms with Crippen LogP contribution in [0.2, 0.25) is 0 Å². The molecule has 0 radical (unpaired) electrons. The van der Waals surface area contributed by atoms with E-state index in [2.05, 4.69) is 11.8 Å². The molecule has 1 saturated heterocycles. The number of methoxy groups -OCH3 is 2. The van der Waals surface area contributed by atoms with Crippen LogP contribution in [0.15, 0.2) is 39.5 Å². The summed E-state index contributed by atoms with van der Waals surface area (Å²) < 4.78 is 16.5. The van der Waals surface area contributed by atoms with Gasteiger partial charge >= 0.3 is 5.63 Å². The van der Waals surface area contributed by atoms with E-state index in [9.17, 15) is 9.90 Å². The highest BCUT2D eigenvalue weighted by Crippen LogP contribution is 2.36. The molecule has 3 aromatic rings. The molecule has 164 valence electrons. The summed E-state index contributed by atoms with van der Waals surface area (Å²) in [5, 5.41) is 11.4. The molecule has 0 amide bonds. The molecule has 0 bridgehead atoms. The quantitative estimate of drug-likeness (QED) is 0.591. The smallest absolute Gasteiger partial charge is 0.344 e. The van der Waals surface area contributed by atoms with Crippen molar-refractivity contribution in [2.45, 2.75) is 45.7 Å². The summed E-state index contributed by atoms with van der Waals surface area (Å²) in [5.41, 5.74) is 2.69. The van der Waals surface area contributed by atoms with Crippen molar-refractivity contribution < 1.29 is 19.0 Å². The van der Waals surface area contributed by atoms with Gasteiger partial charge in [-0.15, -0.1) is 0 Å². The first-order valence-corrected chi connectivity index (χ1v) is 10.7. The summed E-state index contributed by atoms with van der Waals surface area (Å²) in [5.74, 6) is 1.30. The normalized spacial score (nSPS) is 17.1. The zero-order chi connectivity index (χ0) is 22.1. The van der Waals surface area contributed by atoms with Crippen LogP contribution in [0.5, 0.6) is 17.2 Å². The summed E-state index contributed by atoms with van der Waals surface area (Å²) in [6.07, 6.45) is 3.50. The summed E-state index contributed by atoms with van der Waals surface area (Å²) in [7, 11) is 3.14. The Labute approximate surface area is 182 Å². The fraction of sp³-hybridized carbons (Fsp3) is 0.400. The minimum atomic E-state index is -0.434. The maximum absolute atomic E-state index is 13.1. The zero-order valence-corrected chi connectivity index (χ0v) is 18.5. The van der Waals surface area contributed by atoms with Gasteiger partial charge in [-0.05, 0) is 68.6 Å². The highest BCUT2D eigenvalue weighted by molar-refractivity contribution is 5.90. The van der Waals surface area contributed by atoms with E-state index in [1.54, 1.807) is 32.4 Å². The molecule has 1 atom stereocenters. The van der Waals surface area contributed by atoms with Crippen LogP contribution in [0.1, 0.15) is 37.3 Å². The second kappa shape index (κ2) is 8.63. The van der Waals surface area contributed by atoms with Crippen molar-refractivity contribution in [3.63, 3.8) is 0 Å². The second-order valence-electron chi connectivity index (χ2n) is 8.21. The van der Waals surface area contributed by atoms with Gasteiger partial charge in [0, 0.05) is 18.0 Å². The maximum atomic E-state index is 13.1. The van der Waals surface area contributed by atoms with Crippen LogP contribution in [-0.4, -0.2) is 36.8 Å². The third kappa shape index (κ3) is 3.88. The second-order valence-corrected chi connectivity index (χ2v) is 8.21. The van der Waals surface area contributed by atoms with Crippen molar-refractivity contribution in [2.24, 2.45) is 0 Å². The zero-order valence-electron chi connectivity index (χ0n) is 18.5. The Morgan fingerprint density at radius 3 is 2.61 bits per heavy atom. The molecular weight excluding hydrogens is 394 g/mol. The monoisotopic (exact) mass is 423 g/mol. The molecule has 0 saturated carbocycles. The number of aryl methyl sites for hydroxylation is 1. The lowest BCUT2D eigenvalue weighted by molar-refractivity contribution is 0.151. The number of hydrogen-bond donors (Lipinski definition) is 1. The molecule has 6 nitrogen and oxygen atoms in total. The molecule has 1 fully saturated rings. The Bertz CT molecular complexity index is 1170. The van der Waals surface area contributed by atoms with Crippen LogP contribution >= 0.6 is 0 Å². The van der Waals surface area contributed by atoms with Gasteiger partial charge in [-0.1, -0.05) is 12.5 Å². The maximum Gasteiger partial charge on any atom is 0.344 e. The highest BCUT2D eigenvalue weighted by atomic mass is 16.5. The molecule has 1 aliphatic rings. The number of aromatic hydroxyl groups is 1. The molecule has 31 heavy (non-hydrogen) atoms. The first-order chi connectivity index (χ1) is 14.9. The molecule has 0 spiro atoms. The predicted octanol–water partition coefficient (Wildman–Crippen LogP) is 4.87. The van der Waals surface area contributed by atoms with Gasteiger partial charge in [-0.3, -0.25) is 4.90 Å². The minimum Gasteiger partial charge on any atom is -0.507 e. The molecule has 6 heteroatoms. The average Bonchev–Trinajstić information content (AvgIpc) is 2.77. The SMILES string of the molecule is COc1ccc(-c2c(C)c3ccc(O)c(CN4CCCCC4C)c3oc2=O)cc1OC. The Kier molecular flexibility index (Phi) is 5.92. The van der Waals surface area contributed by atoms with Gasteiger partial charge in [0.25, 0.3) is 0 Å². The van der Waals surface area contributed by atoms with E-state index in [-0.39, 0.29) is 5.75 Å². The fourth-order valence-corrected chi connectivity index (χ4v) is 4.54. The van der Waals surface area contributed by atoms with Crippen molar-refractivity contribution in [2.75, 3.05) is 20.8 Å². The lowest BCUT2D eigenvalue weighted by atomic mass is 9.96. The van der Waals surface area contributed by atoms with Gasteiger partial charge in [0.2, 0.25) is 0 Å². The van der Waals surface area contributed by atoms with E-state index in [0.717, 1.165) is 30.3 Å². The van der Waals surface area contributed by atoms with Crippen molar-refractivity contribution in [1.82, 2.24) is 4.90 Å². The van der Waals surface area contributed by atoms with E-state index in [1.165, 1.54) is 6.42 Å². The average molecular weight is 424 g/mol. The minimum absolute atomic E-state index is 0.159. The molecule has 1 N–H and O–H groups in total. The van der Waals surface area contributed by atoms with Gasteiger partial charge in [0.1, 0.15) is 11.3 Å². The summed E-state index contributed by atoms with van der Waals surface area (Å²) in [6, 6.07) is 9.32. The van der Waals surface area contributed by atoms with Crippen LogP contribution in [0.4, 0.5) is 0 Å². The number of phenols is 1. The van der Waals surface area contributed by atoms with E-state index < -0.39 is 5.63 Å². The van der Waals surface area contributed by atoms with Crippen LogP contribution in [0.25, 0.3) is 22.1 Å². The third-order valence-electron chi connectivity index (χ3n) is 6.39. The number of likely N-dealkylation sites (tertiary alicyclic amines) is 1. The first-order valence-electron chi connectivity index (χ1n) is 10.7. The molecule has 2 aromatic carbocycles. The first kappa shape index (κ1) is 21.2. The predicted molar refractivity (Wildman–Crippen MR) is 121 cm³/mol. The van der Waals surface area contributed by atoms with Crippen LogP contribution in [-0.2, 0) is 6.54 Å². The Balaban J connectivity index is 1.85. The number of piperidine rings is 1. The van der Waals surface area contributed by atoms with Gasteiger partial charge in [0.05, 0.1) is 25.3 Å². The Hall–Kier alpha value is -2.99. The fourth-order valence-electron chi connectivity index (χ4n) is 4.54. The summed E-state index contributed by atoms with van der Waals surface area (Å²) >= 11 is 0. The lowest BCUT2D eigenvalue weighted by Gasteiger charge is -2.33. The Morgan fingerprint density at radius 1 is 1.13 bits per heavy atom. The largest absolute Gasteiger partial charge is 0.507 e. The third-order valence-corrected chi connectivity index (χ3v) is 6.39. The standard InChI is InChI=1S/C25H29NO5/c1-15-7-5-6-12-26(15)14-19-20(27)10-9-18-16(2)23(25(28)31-24(18)19)17-8-11-21(29-3)22(13-17)30-4/h8-11,13,15,27H,5-7,12,14H2,1-4H3. The van der Waals surface area contributed by atoms with Gasteiger partial charge in [0.15, 0.2) is 11.5 Å².